The number of anilines is 2. The van der Waals surface area contributed by atoms with Crippen LogP contribution in [0.15, 0.2) is 6.07 Å². The molecular formula is C17H26N6O2. The second-order valence-corrected chi connectivity index (χ2v) is 6.30. The molecule has 8 heteroatoms. The van der Waals surface area contributed by atoms with Gasteiger partial charge in [0.1, 0.15) is 5.82 Å². The van der Waals surface area contributed by atoms with Crippen LogP contribution in [0.4, 0.5) is 11.8 Å². The minimum absolute atomic E-state index is 0.0436. The predicted molar refractivity (Wildman–Crippen MR) is 96.0 cm³/mol. The van der Waals surface area contributed by atoms with E-state index in [0.717, 1.165) is 48.9 Å². The molecule has 3 rings (SSSR count). The zero-order valence-electron chi connectivity index (χ0n) is 14.8. The first-order valence-electron chi connectivity index (χ1n) is 8.73. The molecule has 0 radical (unpaired) electrons. The summed E-state index contributed by atoms with van der Waals surface area (Å²) in [6.45, 7) is 6.75. The molecule has 0 saturated carbocycles. The lowest BCUT2D eigenvalue weighted by atomic mass is 10.0. The summed E-state index contributed by atoms with van der Waals surface area (Å²) in [4.78, 5) is 9.07. The first-order valence-corrected chi connectivity index (χ1v) is 8.73. The summed E-state index contributed by atoms with van der Waals surface area (Å²) in [5.74, 6) is 1.63. The smallest absolute Gasteiger partial charge is 0.224 e. The van der Waals surface area contributed by atoms with E-state index in [2.05, 4.69) is 30.8 Å². The molecule has 2 aromatic heterocycles. The van der Waals surface area contributed by atoms with E-state index in [1.54, 1.807) is 0 Å². The average molecular weight is 346 g/mol. The monoisotopic (exact) mass is 346 g/mol. The zero-order valence-corrected chi connectivity index (χ0v) is 14.8. The summed E-state index contributed by atoms with van der Waals surface area (Å²) < 4.78 is 5.48. The average Bonchev–Trinajstić information content (AvgIpc) is 3.25. The number of nitrogens with one attached hydrogen (secondary N) is 3. The molecule has 1 atom stereocenters. The minimum Gasteiger partial charge on any atom is -0.395 e. The molecule has 0 unspecified atom stereocenters. The van der Waals surface area contributed by atoms with Gasteiger partial charge in [-0.2, -0.15) is 10.1 Å². The Labute approximate surface area is 147 Å². The molecule has 1 aliphatic rings. The van der Waals surface area contributed by atoms with Crippen LogP contribution in [0.3, 0.4) is 0 Å². The molecule has 136 valence electrons. The van der Waals surface area contributed by atoms with Crippen LogP contribution < -0.4 is 10.6 Å². The van der Waals surface area contributed by atoms with Crippen molar-refractivity contribution in [2.24, 2.45) is 0 Å². The van der Waals surface area contributed by atoms with E-state index >= 15 is 0 Å². The third-order valence-corrected chi connectivity index (χ3v) is 4.45. The van der Waals surface area contributed by atoms with Gasteiger partial charge in [0, 0.05) is 37.4 Å². The standard InChI is InChI=1S/C17H26N6O2/c1-11-14(12(2)23-22-11)3-5-18-16-9-15(13-4-8-25-10-13)20-17(21-16)19-6-7-24/h9,13,24H,3-8,10H2,1-2H3,(H,22,23)(H2,18,19,20,21)/t13-/m0/s1. The van der Waals surface area contributed by atoms with Crippen molar-refractivity contribution in [3.05, 3.63) is 28.7 Å². The van der Waals surface area contributed by atoms with Gasteiger partial charge in [0.25, 0.3) is 0 Å². The van der Waals surface area contributed by atoms with Gasteiger partial charge >= 0.3 is 0 Å². The van der Waals surface area contributed by atoms with E-state index in [1.807, 2.05) is 19.9 Å². The van der Waals surface area contributed by atoms with E-state index in [0.29, 0.717) is 25.0 Å². The molecule has 0 spiro atoms. The summed E-state index contributed by atoms with van der Waals surface area (Å²) in [6.07, 6.45) is 1.85. The number of nitrogens with zero attached hydrogens (tertiary/aromatic N) is 3. The van der Waals surface area contributed by atoms with Crippen LogP contribution in [0.5, 0.6) is 0 Å². The van der Waals surface area contributed by atoms with E-state index < -0.39 is 0 Å². The number of aromatic nitrogens is 4. The maximum Gasteiger partial charge on any atom is 0.224 e. The maximum absolute atomic E-state index is 9.01. The number of ether oxygens (including phenoxy) is 1. The molecule has 8 nitrogen and oxygen atoms in total. The van der Waals surface area contributed by atoms with Crippen LogP contribution in [0.1, 0.15) is 35.0 Å². The van der Waals surface area contributed by atoms with Gasteiger partial charge in [0.05, 0.1) is 24.6 Å². The second-order valence-electron chi connectivity index (χ2n) is 6.30. The van der Waals surface area contributed by atoms with Crippen molar-refractivity contribution < 1.29 is 9.84 Å². The molecule has 1 saturated heterocycles. The van der Waals surface area contributed by atoms with Gasteiger partial charge in [0.2, 0.25) is 5.95 Å². The van der Waals surface area contributed by atoms with Crippen molar-refractivity contribution in [3.8, 4) is 0 Å². The van der Waals surface area contributed by atoms with Crippen molar-refractivity contribution in [1.29, 1.82) is 0 Å². The number of hydrogen-bond acceptors (Lipinski definition) is 7. The summed E-state index contributed by atoms with van der Waals surface area (Å²) in [5.41, 5.74) is 4.36. The second kappa shape index (κ2) is 8.26. The third kappa shape index (κ3) is 4.46. The van der Waals surface area contributed by atoms with E-state index in [-0.39, 0.29) is 6.61 Å². The molecule has 1 aliphatic heterocycles. The highest BCUT2D eigenvalue weighted by Crippen LogP contribution is 2.26. The van der Waals surface area contributed by atoms with Crippen LogP contribution in [0, 0.1) is 13.8 Å². The Hall–Kier alpha value is -2.19. The highest BCUT2D eigenvalue weighted by atomic mass is 16.5. The number of rotatable bonds is 8. The third-order valence-electron chi connectivity index (χ3n) is 4.45. The number of H-pyrrole nitrogens is 1. The van der Waals surface area contributed by atoms with Crippen LogP contribution in [0.25, 0.3) is 0 Å². The van der Waals surface area contributed by atoms with E-state index in [1.165, 1.54) is 5.56 Å². The van der Waals surface area contributed by atoms with E-state index in [4.69, 9.17) is 9.84 Å². The first kappa shape index (κ1) is 17.6. The van der Waals surface area contributed by atoms with Crippen molar-refractivity contribution in [1.82, 2.24) is 20.2 Å². The molecule has 4 N–H and O–H groups in total. The number of hydrogen-bond donors (Lipinski definition) is 4. The van der Waals surface area contributed by atoms with Crippen molar-refractivity contribution in [2.45, 2.75) is 32.6 Å². The number of aliphatic hydroxyl groups is 1. The van der Waals surface area contributed by atoms with Gasteiger partial charge in [-0.15, -0.1) is 0 Å². The van der Waals surface area contributed by atoms with Gasteiger partial charge in [-0.1, -0.05) is 0 Å². The number of aromatic amines is 1. The lowest BCUT2D eigenvalue weighted by Gasteiger charge is -2.13. The van der Waals surface area contributed by atoms with Crippen LogP contribution in [-0.2, 0) is 11.2 Å². The van der Waals surface area contributed by atoms with E-state index in [9.17, 15) is 0 Å². The molecule has 0 aromatic carbocycles. The number of aryl methyl sites for hydroxylation is 2. The highest BCUT2D eigenvalue weighted by molar-refractivity contribution is 5.43. The molecule has 1 fully saturated rings. The fraction of sp³-hybridized carbons (Fsp3) is 0.588. The Bertz CT molecular complexity index is 677. The van der Waals surface area contributed by atoms with Crippen LogP contribution >= 0.6 is 0 Å². The normalized spacial score (nSPS) is 17.0. The Kier molecular flexibility index (Phi) is 5.83. The molecule has 0 aliphatic carbocycles. The largest absolute Gasteiger partial charge is 0.395 e. The van der Waals surface area contributed by atoms with Gasteiger partial charge in [-0.05, 0) is 32.3 Å². The maximum atomic E-state index is 9.01. The molecule has 0 bridgehead atoms. The molecular weight excluding hydrogens is 320 g/mol. The Morgan fingerprint density at radius 3 is 2.84 bits per heavy atom. The quantitative estimate of drug-likeness (QED) is 0.572. The highest BCUT2D eigenvalue weighted by Gasteiger charge is 2.20. The zero-order chi connectivity index (χ0) is 17.6. The van der Waals surface area contributed by atoms with Gasteiger partial charge in [0.15, 0.2) is 0 Å². The molecule has 0 amide bonds. The van der Waals surface area contributed by atoms with Gasteiger partial charge in [-0.25, -0.2) is 4.98 Å². The van der Waals surface area contributed by atoms with Crippen LogP contribution in [-0.4, -0.2) is 58.2 Å². The van der Waals surface area contributed by atoms with Crippen LogP contribution in [0.2, 0.25) is 0 Å². The lowest BCUT2D eigenvalue weighted by Crippen LogP contribution is -2.14. The minimum atomic E-state index is 0.0436. The Morgan fingerprint density at radius 2 is 2.16 bits per heavy atom. The van der Waals surface area contributed by atoms with Gasteiger partial charge in [-0.3, -0.25) is 5.10 Å². The van der Waals surface area contributed by atoms with Crippen molar-refractivity contribution in [2.75, 3.05) is 43.5 Å². The fourth-order valence-corrected chi connectivity index (χ4v) is 3.04. The topological polar surface area (TPSA) is 108 Å². The Morgan fingerprint density at radius 1 is 1.28 bits per heavy atom. The number of aliphatic hydroxyl groups excluding tert-OH is 1. The molecule has 25 heavy (non-hydrogen) atoms. The van der Waals surface area contributed by atoms with Crippen molar-refractivity contribution in [3.63, 3.8) is 0 Å². The molecule has 2 aromatic rings. The fourth-order valence-electron chi connectivity index (χ4n) is 3.04. The first-order chi connectivity index (χ1) is 12.2. The van der Waals surface area contributed by atoms with Crippen molar-refractivity contribution >= 4 is 11.8 Å². The molecule has 3 heterocycles. The predicted octanol–water partition coefficient (Wildman–Crippen LogP) is 1.38. The summed E-state index contributed by atoms with van der Waals surface area (Å²) in [7, 11) is 0. The summed E-state index contributed by atoms with van der Waals surface area (Å²) in [5, 5.41) is 22.7. The van der Waals surface area contributed by atoms with Gasteiger partial charge < -0.3 is 20.5 Å². The summed E-state index contributed by atoms with van der Waals surface area (Å²) in [6, 6.07) is 2.00. The SMILES string of the molecule is Cc1n[nH]c(C)c1CCNc1cc([C@H]2CCOC2)nc(NCCO)n1. The lowest BCUT2D eigenvalue weighted by molar-refractivity contribution is 0.193. The Balaban J connectivity index is 1.69. The summed E-state index contributed by atoms with van der Waals surface area (Å²) >= 11 is 0.